The van der Waals surface area contributed by atoms with Gasteiger partial charge >= 0.3 is 5.97 Å². The maximum absolute atomic E-state index is 13.2. The van der Waals surface area contributed by atoms with E-state index in [1.807, 2.05) is 13.8 Å². The summed E-state index contributed by atoms with van der Waals surface area (Å²) in [4.78, 5) is 52.7. The molecule has 2 saturated heterocycles. The summed E-state index contributed by atoms with van der Waals surface area (Å²) in [6, 6.07) is -3.00. The lowest BCUT2D eigenvalue weighted by atomic mass is 9.97. The van der Waals surface area contributed by atoms with Crippen LogP contribution in [0.1, 0.15) is 52.9 Å². The molecule has 5 atom stereocenters. The molecule has 0 spiro atoms. The van der Waals surface area contributed by atoms with Gasteiger partial charge in [-0.05, 0) is 38.5 Å². The van der Waals surface area contributed by atoms with Gasteiger partial charge in [0.25, 0.3) is 0 Å². The third-order valence-corrected chi connectivity index (χ3v) is 5.83. The number of amides is 3. The number of hydrogen-bond acceptors (Lipinski definition) is 5. The summed E-state index contributed by atoms with van der Waals surface area (Å²) in [5.74, 6) is -2.15. The maximum Gasteiger partial charge on any atom is 0.326 e. The Bertz CT molecular complexity index is 623. The van der Waals surface area contributed by atoms with Gasteiger partial charge in [0.1, 0.15) is 18.1 Å². The van der Waals surface area contributed by atoms with Gasteiger partial charge in [-0.25, -0.2) is 4.79 Å². The highest BCUT2D eigenvalue weighted by Crippen LogP contribution is 2.26. The zero-order valence-corrected chi connectivity index (χ0v) is 16.9. The van der Waals surface area contributed by atoms with E-state index in [-0.39, 0.29) is 17.7 Å². The van der Waals surface area contributed by atoms with E-state index in [1.54, 1.807) is 6.92 Å². The fourth-order valence-electron chi connectivity index (χ4n) is 3.91. The highest BCUT2D eigenvalue weighted by atomic mass is 16.4. The predicted molar refractivity (Wildman–Crippen MR) is 102 cm³/mol. The molecule has 0 aromatic heterocycles. The molecule has 2 aliphatic rings. The molecule has 3 amide bonds. The summed E-state index contributed by atoms with van der Waals surface area (Å²) in [5, 5.41) is 12.1. The average Bonchev–Trinajstić information content (AvgIpc) is 3.33. The van der Waals surface area contributed by atoms with Crippen LogP contribution in [-0.4, -0.2) is 75.9 Å². The molecule has 0 saturated carbocycles. The van der Waals surface area contributed by atoms with Gasteiger partial charge in [0, 0.05) is 13.1 Å². The molecule has 5 unspecified atom stereocenters. The average molecular weight is 396 g/mol. The van der Waals surface area contributed by atoms with Gasteiger partial charge in [0.2, 0.25) is 17.7 Å². The van der Waals surface area contributed by atoms with Gasteiger partial charge in [-0.15, -0.1) is 0 Å². The van der Waals surface area contributed by atoms with Gasteiger partial charge in [-0.1, -0.05) is 20.3 Å². The molecule has 2 heterocycles. The topological polar surface area (TPSA) is 133 Å². The molecule has 0 aromatic carbocycles. The summed E-state index contributed by atoms with van der Waals surface area (Å²) in [7, 11) is 0. The van der Waals surface area contributed by atoms with Crippen molar-refractivity contribution in [3.63, 3.8) is 0 Å². The summed E-state index contributed by atoms with van der Waals surface area (Å²) in [6.45, 7) is 6.16. The number of likely N-dealkylation sites (tertiary alicyclic amines) is 2. The van der Waals surface area contributed by atoms with Gasteiger partial charge in [0.15, 0.2) is 0 Å². The molecule has 9 heteroatoms. The number of nitrogens with two attached hydrogens (primary N) is 1. The van der Waals surface area contributed by atoms with Crippen molar-refractivity contribution in [1.82, 2.24) is 15.1 Å². The van der Waals surface area contributed by atoms with Crippen LogP contribution in [0.25, 0.3) is 0 Å². The first-order valence-corrected chi connectivity index (χ1v) is 10.1. The first-order valence-electron chi connectivity index (χ1n) is 10.1. The molecular weight excluding hydrogens is 364 g/mol. The predicted octanol–water partition coefficient (Wildman–Crippen LogP) is -0.0689. The zero-order valence-electron chi connectivity index (χ0n) is 16.9. The zero-order chi connectivity index (χ0) is 21.0. The van der Waals surface area contributed by atoms with Gasteiger partial charge in [-0.2, -0.15) is 0 Å². The van der Waals surface area contributed by atoms with Crippen LogP contribution >= 0.6 is 0 Å². The summed E-state index contributed by atoms with van der Waals surface area (Å²) in [6.07, 6.45) is 2.92. The van der Waals surface area contributed by atoms with Crippen molar-refractivity contribution < 1.29 is 24.3 Å². The Labute approximate surface area is 165 Å². The van der Waals surface area contributed by atoms with Crippen LogP contribution in [0.5, 0.6) is 0 Å². The van der Waals surface area contributed by atoms with Crippen LogP contribution in [0.3, 0.4) is 0 Å². The van der Waals surface area contributed by atoms with Gasteiger partial charge < -0.3 is 26.0 Å². The van der Waals surface area contributed by atoms with E-state index in [1.165, 1.54) is 9.80 Å². The summed E-state index contributed by atoms with van der Waals surface area (Å²) >= 11 is 0. The first-order chi connectivity index (χ1) is 13.2. The van der Waals surface area contributed by atoms with Crippen LogP contribution in [-0.2, 0) is 19.2 Å². The minimum absolute atomic E-state index is 0.120. The van der Waals surface area contributed by atoms with E-state index >= 15 is 0 Å². The standard InChI is InChI=1S/C19H32N4O5/c1-4-11(2)15(21-16(24)12(3)20)18(26)22-9-5-7-13(22)17(25)23-10-6-8-14(23)19(27)28/h11-15H,4-10,20H2,1-3H3,(H,21,24)(H,27,28). The number of hydrogen-bond donors (Lipinski definition) is 3. The molecular formula is C19H32N4O5. The fourth-order valence-corrected chi connectivity index (χ4v) is 3.91. The highest BCUT2D eigenvalue weighted by Gasteiger charge is 2.44. The van der Waals surface area contributed by atoms with Crippen molar-refractivity contribution in [2.45, 2.75) is 77.0 Å². The third kappa shape index (κ3) is 4.63. The Kier molecular flexibility index (Phi) is 7.40. The van der Waals surface area contributed by atoms with E-state index in [0.717, 1.165) is 0 Å². The van der Waals surface area contributed by atoms with E-state index in [9.17, 15) is 24.3 Å². The molecule has 4 N–H and O–H groups in total. The lowest BCUT2D eigenvalue weighted by Crippen LogP contribution is -2.58. The largest absolute Gasteiger partial charge is 0.480 e. The second kappa shape index (κ2) is 9.36. The van der Waals surface area contributed by atoms with Crippen molar-refractivity contribution in [3.05, 3.63) is 0 Å². The van der Waals surface area contributed by atoms with E-state index in [4.69, 9.17) is 5.73 Å². The van der Waals surface area contributed by atoms with Gasteiger partial charge in [0.05, 0.1) is 6.04 Å². The summed E-state index contributed by atoms with van der Waals surface area (Å²) < 4.78 is 0. The number of carboxylic acid groups (broad SMARTS) is 1. The van der Waals surface area contributed by atoms with Crippen molar-refractivity contribution in [3.8, 4) is 0 Å². The SMILES string of the molecule is CCC(C)C(NC(=O)C(C)N)C(=O)N1CCCC1C(=O)N1CCCC1C(=O)O. The molecule has 0 radical (unpaired) electrons. The molecule has 2 rings (SSSR count). The molecule has 9 nitrogen and oxygen atoms in total. The Morgan fingerprint density at radius 2 is 1.64 bits per heavy atom. The number of nitrogens with one attached hydrogen (secondary N) is 1. The maximum atomic E-state index is 13.2. The first kappa shape index (κ1) is 22.1. The van der Waals surface area contributed by atoms with E-state index < -0.39 is 36.0 Å². The van der Waals surface area contributed by atoms with Crippen molar-refractivity contribution in [1.29, 1.82) is 0 Å². The minimum atomic E-state index is -1.01. The second-order valence-corrected chi connectivity index (χ2v) is 7.88. The molecule has 0 aromatic rings. The number of nitrogens with zero attached hydrogens (tertiary/aromatic N) is 2. The van der Waals surface area contributed by atoms with Crippen molar-refractivity contribution >= 4 is 23.7 Å². The lowest BCUT2D eigenvalue weighted by Gasteiger charge is -2.34. The second-order valence-electron chi connectivity index (χ2n) is 7.88. The number of carboxylic acids is 1. The smallest absolute Gasteiger partial charge is 0.326 e. The van der Waals surface area contributed by atoms with E-state index in [2.05, 4.69) is 5.32 Å². The lowest BCUT2D eigenvalue weighted by molar-refractivity contribution is -0.152. The highest BCUT2D eigenvalue weighted by molar-refractivity contribution is 5.94. The number of carbonyl (C=O) groups excluding carboxylic acids is 3. The monoisotopic (exact) mass is 396 g/mol. The molecule has 2 aliphatic heterocycles. The van der Waals surface area contributed by atoms with Crippen molar-refractivity contribution in [2.75, 3.05) is 13.1 Å². The van der Waals surface area contributed by atoms with Crippen LogP contribution in [0.4, 0.5) is 0 Å². The Morgan fingerprint density at radius 3 is 2.18 bits per heavy atom. The normalized spacial score (nSPS) is 25.3. The van der Waals surface area contributed by atoms with Crippen LogP contribution in [0.2, 0.25) is 0 Å². The number of aliphatic carboxylic acids is 1. The third-order valence-electron chi connectivity index (χ3n) is 5.83. The van der Waals surface area contributed by atoms with Crippen molar-refractivity contribution in [2.24, 2.45) is 11.7 Å². The molecule has 0 aliphatic carbocycles. The Balaban J connectivity index is 2.18. The molecule has 158 valence electrons. The Hall–Kier alpha value is -2.16. The number of carbonyl (C=O) groups is 4. The van der Waals surface area contributed by atoms with Crippen LogP contribution in [0.15, 0.2) is 0 Å². The summed E-state index contributed by atoms with van der Waals surface area (Å²) in [5.41, 5.74) is 5.63. The van der Waals surface area contributed by atoms with E-state index in [0.29, 0.717) is 45.2 Å². The van der Waals surface area contributed by atoms with Gasteiger partial charge in [-0.3, -0.25) is 14.4 Å². The Morgan fingerprint density at radius 1 is 1.07 bits per heavy atom. The minimum Gasteiger partial charge on any atom is -0.480 e. The molecule has 28 heavy (non-hydrogen) atoms. The number of rotatable bonds is 7. The van der Waals surface area contributed by atoms with Crippen LogP contribution < -0.4 is 11.1 Å². The molecule has 0 bridgehead atoms. The quantitative estimate of drug-likeness (QED) is 0.552. The van der Waals surface area contributed by atoms with Crippen LogP contribution in [0, 0.1) is 5.92 Å². The molecule has 2 fully saturated rings. The fraction of sp³-hybridized carbons (Fsp3) is 0.789.